The Hall–Kier alpha value is -3.44. The molecule has 0 saturated carbocycles. The molecule has 2 unspecified atom stereocenters. The smallest absolute Gasteiger partial charge is 0.253 e. The zero-order chi connectivity index (χ0) is 24.1. The van der Waals surface area contributed by atoms with Gasteiger partial charge in [0.2, 0.25) is 0 Å². The lowest BCUT2D eigenvalue weighted by molar-refractivity contribution is 0.0781. The summed E-state index contributed by atoms with van der Waals surface area (Å²) in [5.74, 6) is 1.72. The highest BCUT2D eigenvalue weighted by Crippen LogP contribution is 2.37. The highest BCUT2D eigenvalue weighted by atomic mass is 16.2. The SMILES string of the molecule is Cc1cc(-c2[nH]c3ccc(-c4cccc(C(=O)N5CC6CNCC6C5)c4)cc3c2C(C)C)ccn1. The van der Waals surface area contributed by atoms with E-state index in [9.17, 15) is 4.79 Å². The van der Waals surface area contributed by atoms with Crippen molar-refractivity contribution in [2.24, 2.45) is 11.8 Å². The minimum Gasteiger partial charge on any atom is -0.354 e. The molecular formula is C30H32N4O. The summed E-state index contributed by atoms with van der Waals surface area (Å²) in [6, 6.07) is 18.9. The molecule has 2 aromatic carbocycles. The molecule has 4 aromatic rings. The fourth-order valence-corrected chi connectivity index (χ4v) is 5.96. The van der Waals surface area contributed by atoms with Gasteiger partial charge in [0.1, 0.15) is 0 Å². The van der Waals surface area contributed by atoms with Crippen LogP contribution in [0, 0.1) is 18.8 Å². The van der Waals surface area contributed by atoms with Crippen LogP contribution in [0.15, 0.2) is 60.8 Å². The molecule has 5 heteroatoms. The van der Waals surface area contributed by atoms with Crippen LogP contribution in [-0.2, 0) is 0 Å². The maximum absolute atomic E-state index is 13.3. The predicted molar refractivity (Wildman–Crippen MR) is 142 cm³/mol. The standard InChI is InChI=1S/C30H32N4O/c1-18(2)28-26-13-21(7-8-27(26)33-29(28)22-9-10-32-19(3)11-22)20-5-4-6-23(12-20)30(35)34-16-24-14-31-15-25(24)17-34/h4-13,18,24-25,31,33H,14-17H2,1-3H3. The van der Waals surface area contributed by atoms with Crippen LogP contribution in [0.2, 0.25) is 0 Å². The highest BCUT2D eigenvalue weighted by Gasteiger charge is 2.38. The summed E-state index contributed by atoms with van der Waals surface area (Å²) in [6.07, 6.45) is 1.87. The van der Waals surface area contributed by atoms with Gasteiger partial charge in [0.05, 0.1) is 5.69 Å². The number of rotatable bonds is 4. The van der Waals surface area contributed by atoms with Crippen LogP contribution in [0.1, 0.15) is 41.4 Å². The van der Waals surface area contributed by atoms with Gasteiger partial charge in [-0.15, -0.1) is 0 Å². The number of carbonyl (C=O) groups excluding carboxylic acids is 1. The number of carbonyl (C=O) groups is 1. The number of nitrogens with one attached hydrogen (secondary N) is 2. The largest absolute Gasteiger partial charge is 0.354 e. The van der Waals surface area contributed by atoms with Gasteiger partial charge in [-0.05, 0) is 77.8 Å². The monoisotopic (exact) mass is 464 g/mol. The van der Waals surface area contributed by atoms with Crippen molar-refractivity contribution in [1.29, 1.82) is 0 Å². The van der Waals surface area contributed by atoms with E-state index in [0.29, 0.717) is 17.8 Å². The summed E-state index contributed by atoms with van der Waals surface area (Å²) in [4.78, 5) is 23.4. The van der Waals surface area contributed by atoms with E-state index in [1.54, 1.807) is 0 Å². The van der Waals surface area contributed by atoms with Crippen molar-refractivity contribution in [3.63, 3.8) is 0 Å². The van der Waals surface area contributed by atoms with Gasteiger partial charge in [-0.3, -0.25) is 9.78 Å². The molecular weight excluding hydrogens is 432 g/mol. The number of hydrogen-bond acceptors (Lipinski definition) is 3. The summed E-state index contributed by atoms with van der Waals surface area (Å²) in [5, 5.41) is 4.69. The summed E-state index contributed by atoms with van der Waals surface area (Å²) in [6.45, 7) is 10.3. The van der Waals surface area contributed by atoms with Crippen molar-refractivity contribution >= 4 is 16.8 Å². The van der Waals surface area contributed by atoms with E-state index in [1.807, 2.05) is 30.2 Å². The van der Waals surface area contributed by atoms with Crippen LogP contribution in [-0.4, -0.2) is 47.0 Å². The van der Waals surface area contributed by atoms with Gasteiger partial charge in [0.25, 0.3) is 5.91 Å². The average molecular weight is 465 g/mol. The molecule has 0 spiro atoms. The third-order valence-electron chi connectivity index (χ3n) is 7.72. The Kier molecular flexibility index (Phi) is 5.45. The molecule has 4 heterocycles. The third-order valence-corrected chi connectivity index (χ3v) is 7.72. The van der Waals surface area contributed by atoms with Gasteiger partial charge in [0, 0.05) is 60.1 Å². The van der Waals surface area contributed by atoms with Gasteiger partial charge in [-0.1, -0.05) is 32.0 Å². The maximum atomic E-state index is 13.3. The first-order chi connectivity index (χ1) is 17.0. The molecule has 178 valence electrons. The molecule has 2 aliphatic rings. The Bertz CT molecular complexity index is 1410. The molecule has 2 N–H and O–H groups in total. The minimum atomic E-state index is 0.155. The van der Waals surface area contributed by atoms with E-state index >= 15 is 0 Å². The van der Waals surface area contributed by atoms with Crippen LogP contribution in [0.4, 0.5) is 0 Å². The van der Waals surface area contributed by atoms with E-state index in [0.717, 1.165) is 65.3 Å². The topological polar surface area (TPSA) is 61.0 Å². The van der Waals surface area contributed by atoms with Crippen LogP contribution in [0.3, 0.4) is 0 Å². The van der Waals surface area contributed by atoms with Gasteiger partial charge in [-0.25, -0.2) is 0 Å². The molecule has 6 rings (SSSR count). The number of likely N-dealkylation sites (tertiary alicyclic amines) is 1. The summed E-state index contributed by atoms with van der Waals surface area (Å²) in [7, 11) is 0. The molecule has 0 radical (unpaired) electrons. The van der Waals surface area contributed by atoms with E-state index < -0.39 is 0 Å². The zero-order valence-corrected chi connectivity index (χ0v) is 20.6. The first kappa shape index (κ1) is 22.1. The second kappa shape index (κ2) is 8.65. The summed E-state index contributed by atoms with van der Waals surface area (Å²) >= 11 is 0. The molecule has 2 fully saturated rings. The lowest BCUT2D eigenvalue weighted by Gasteiger charge is -2.18. The summed E-state index contributed by atoms with van der Waals surface area (Å²) in [5.41, 5.74) is 8.78. The van der Waals surface area contributed by atoms with Crippen molar-refractivity contribution in [3.8, 4) is 22.4 Å². The second-order valence-electron chi connectivity index (χ2n) is 10.5. The number of pyridine rings is 1. The Labute approximate surface area is 206 Å². The van der Waals surface area contributed by atoms with Gasteiger partial charge in [-0.2, -0.15) is 0 Å². The number of aromatic nitrogens is 2. The molecule has 2 aliphatic heterocycles. The number of amides is 1. The van der Waals surface area contributed by atoms with E-state index in [2.05, 4.69) is 71.6 Å². The molecule has 2 aromatic heterocycles. The molecule has 2 saturated heterocycles. The van der Waals surface area contributed by atoms with E-state index in [-0.39, 0.29) is 5.91 Å². The van der Waals surface area contributed by atoms with Crippen LogP contribution >= 0.6 is 0 Å². The Morgan fingerprint density at radius 3 is 2.49 bits per heavy atom. The normalized spacial score (nSPS) is 19.6. The van der Waals surface area contributed by atoms with Crippen molar-refractivity contribution in [2.75, 3.05) is 26.2 Å². The van der Waals surface area contributed by atoms with Crippen molar-refractivity contribution in [1.82, 2.24) is 20.2 Å². The van der Waals surface area contributed by atoms with Gasteiger partial charge < -0.3 is 15.2 Å². The lowest BCUT2D eigenvalue weighted by Crippen LogP contribution is -2.31. The minimum absolute atomic E-state index is 0.155. The highest BCUT2D eigenvalue weighted by molar-refractivity contribution is 5.97. The molecule has 0 bridgehead atoms. The van der Waals surface area contributed by atoms with E-state index in [1.165, 1.54) is 10.9 Å². The van der Waals surface area contributed by atoms with Crippen LogP contribution in [0.5, 0.6) is 0 Å². The first-order valence-electron chi connectivity index (χ1n) is 12.7. The lowest BCUT2D eigenvalue weighted by atomic mass is 9.94. The van der Waals surface area contributed by atoms with Gasteiger partial charge >= 0.3 is 0 Å². The van der Waals surface area contributed by atoms with Crippen LogP contribution in [0.25, 0.3) is 33.3 Å². The number of fused-ring (bicyclic) bond motifs is 2. The number of aromatic amines is 1. The Morgan fingerprint density at radius 1 is 0.971 bits per heavy atom. The first-order valence-corrected chi connectivity index (χ1v) is 12.7. The quantitative estimate of drug-likeness (QED) is 0.412. The second-order valence-corrected chi connectivity index (χ2v) is 10.5. The number of aryl methyl sites for hydroxylation is 1. The van der Waals surface area contributed by atoms with Crippen LogP contribution < -0.4 is 5.32 Å². The Morgan fingerprint density at radius 2 is 1.74 bits per heavy atom. The fourth-order valence-electron chi connectivity index (χ4n) is 5.96. The van der Waals surface area contributed by atoms with E-state index in [4.69, 9.17) is 0 Å². The molecule has 5 nitrogen and oxygen atoms in total. The molecule has 35 heavy (non-hydrogen) atoms. The average Bonchev–Trinajstić information content (AvgIpc) is 3.56. The number of nitrogens with zero attached hydrogens (tertiary/aromatic N) is 2. The van der Waals surface area contributed by atoms with Crippen molar-refractivity contribution in [2.45, 2.75) is 26.7 Å². The molecule has 1 amide bonds. The molecule has 2 atom stereocenters. The molecule has 0 aliphatic carbocycles. The number of H-pyrrole nitrogens is 1. The van der Waals surface area contributed by atoms with Crippen molar-refractivity contribution in [3.05, 3.63) is 77.6 Å². The third kappa shape index (κ3) is 3.94. The predicted octanol–water partition coefficient (Wildman–Crippen LogP) is 5.62. The fraction of sp³-hybridized carbons (Fsp3) is 0.333. The maximum Gasteiger partial charge on any atom is 0.253 e. The van der Waals surface area contributed by atoms with Gasteiger partial charge in [0.15, 0.2) is 0 Å². The zero-order valence-electron chi connectivity index (χ0n) is 20.6. The number of benzene rings is 2. The number of hydrogen-bond donors (Lipinski definition) is 2. The van der Waals surface area contributed by atoms with Crippen molar-refractivity contribution < 1.29 is 4.79 Å². The Balaban J connectivity index is 1.36. The summed E-state index contributed by atoms with van der Waals surface area (Å²) < 4.78 is 0.